The maximum atomic E-state index is 11.5. The van der Waals surface area contributed by atoms with E-state index in [2.05, 4.69) is 5.32 Å². The Morgan fingerprint density at radius 3 is 2.39 bits per heavy atom. The largest absolute Gasteiger partial charge is 0.376 e. The summed E-state index contributed by atoms with van der Waals surface area (Å²) in [6, 6.07) is 4.78. The second-order valence-corrected chi connectivity index (χ2v) is 4.27. The maximum Gasteiger partial charge on any atom is 0.241 e. The van der Waals surface area contributed by atoms with Gasteiger partial charge < -0.3 is 16.0 Å². The lowest BCUT2D eigenvalue weighted by molar-refractivity contribution is -0.117. The van der Waals surface area contributed by atoms with E-state index in [1.807, 2.05) is 25.1 Å². The van der Waals surface area contributed by atoms with Crippen molar-refractivity contribution >= 4 is 53.7 Å². The smallest absolute Gasteiger partial charge is 0.241 e. The molecular formula is C11H18Cl3N3O. The van der Waals surface area contributed by atoms with Gasteiger partial charge in [0.25, 0.3) is 0 Å². The summed E-state index contributed by atoms with van der Waals surface area (Å²) in [6.45, 7) is 1.63. The fourth-order valence-electron chi connectivity index (χ4n) is 1.24. The zero-order valence-electron chi connectivity index (χ0n) is 10.4. The Kier molecular flexibility index (Phi) is 9.20. The van der Waals surface area contributed by atoms with Crippen LogP contribution in [0, 0.1) is 0 Å². The standard InChI is InChI=1S/C11H16ClN3O.2ClH/c1-7(13)11(16)14-9-6-8(12)4-5-10(9)15(2)3;;/h4-7H,13H2,1-3H3,(H,14,16);2*1H/t7-;;/m1../s1. The highest BCUT2D eigenvalue weighted by molar-refractivity contribution is 6.31. The molecule has 0 unspecified atom stereocenters. The van der Waals surface area contributed by atoms with E-state index in [1.165, 1.54) is 0 Å². The van der Waals surface area contributed by atoms with Crippen LogP contribution >= 0.6 is 36.4 Å². The molecule has 0 aliphatic heterocycles. The zero-order chi connectivity index (χ0) is 12.3. The third-order valence-electron chi connectivity index (χ3n) is 2.11. The van der Waals surface area contributed by atoms with Crippen LogP contribution in [0.5, 0.6) is 0 Å². The number of carbonyl (C=O) groups is 1. The maximum absolute atomic E-state index is 11.5. The van der Waals surface area contributed by atoms with Gasteiger partial charge in [0.1, 0.15) is 0 Å². The van der Waals surface area contributed by atoms with Crippen LogP contribution in [-0.4, -0.2) is 26.0 Å². The van der Waals surface area contributed by atoms with E-state index in [0.29, 0.717) is 10.7 Å². The normalized spacial score (nSPS) is 10.7. The molecule has 7 heteroatoms. The van der Waals surface area contributed by atoms with Gasteiger partial charge >= 0.3 is 0 Å². The molecule has 1 amide bonds. The molecule has 1 atom stereocenters. The number of amides is 1. The minimum absolute atomic E-state index is 0. The molecular weight excluding hydrogens is 296 g/mol. The number of nitrogens with two attached hydrogens (primary N) is 1. The molecule has 0 saturated heterocycles. The van der Waals surface area contributed by atoms with Crippen molar-refractivity contribution in [1.29, 1.82) is 0 Å². The van der Waals surface area contributed by atoms with Crippen molar-refractivity contribution in [2.45, 2.75) is 13.0 Å². The van der Waals surface area contributed by atoms with Crippen molar-refractivity contribution in [2.75, 3.05) is 24.3 Å². The predicted molar refractivity (Wildman–Crippen MR) is 82.6 cm³/mol. The van der Waals surface area contributed by atoms with Crippen molar-refractivity contribution in [3.8, 4) is 0 Å². The minimum atomic E-state index is -0.547. The summed E-state index contributed by atoms with van der Waals surface area (Å²) in [5.41, 5.74) is 7.04. The van der Waals surface area contributed by atoms with E-state index in [0.717, 1.165) is 5.69 Å². The second kappa shape index (κ2) is 8.43. The van der Waals surface area contributed by atoms with Crippen molar-refractivity contribution in [3.63, 3.8) is 0 Å². The number of halogens is 3. The molecule has 0 aliphatic rings. The van der Waals surface area contributed by atoms with Gasteiger partial charge in [-0.05, 0) is 25.1 Å². The van der Waals surface area contributed by atoms with Gasteiger partial charge in [0, 0.05) is 19.1 Å². The van der Waals surface area contributed by atoms with Crippen molar-refractivity contribution in [1.82, 2.24) is 0 Å². The molecule has 104 valence electrons. The first kappa shape index (κ1) is 19.7. The Morgan fingerprint density at radius 2 is 1.94 bits per heavy atom. The molecule has 0 saturated carbocycles. The number of nitrogens with one attached hydrogen (secondary N) is 1. The van der Waals surface area contributed by atoms with Crippen LogP contribution in [-0.2, 0) is 4.79 Å². The summed E-state index contributed by atoms with van der Waals surface area (Å²) >= 11 is 5.88. The van der Waals surface area contributed by atoms with Crippen LogP contribution in [0.3, 0.4) is 0 Å². The first-order valence-electron chi connectivity index (χ1n) is 4.95. The van der Waals surface area contributed by atoms with Gasteiger partial charge in [0.15, 0.2) is 0 Å². The van der Waals surface area contributed by atoms with Crippen LogP contribution in [0.15, 0.2) is 18.2 Å². The fourth-order valence-corrected chi connectivity index (χ4v) is 1.42. The fraction of sp³-hybridized carbons (Fsp3) is 0.364. The van der Waals surface area contributed by atoms with Crippen LogP contribution in [0.25, 0.3) is 0 Å². The van der Waals surface area contributed by atoms with Crippen LogP contribution in [0.4, 0.5) is 11.4 Å². The molecule has 0 fully saturated rings. The summed E-state index contributed by atoms with van der Waals surface area (Å²) in [6.07, 6.45) is 0. The molecule has 4 nitrogen and oxygen atoms in total. The summed E-state index contributed by atoms with van der Waals surface area (Å²) in [5, 5.41) is 3.32. The summed E-state index contributed by atoms with van der Waals surface area (Å²) in [7, 11) is 3.79. The lowest BCUT2D eigenvalue weighted by Gasteiger charge is -2.18. The third-order valence-corrected chi connectivity index (χ3v) is 2.35. The molecule has 18 heavy (non-hydrogen) atoms. The Balaban J connectivity index is 0. The van der Waals surface area contributed by atoms with Gasteiger partial charge in [0.2, 0.25) is 5.91 Å². The van der Waals surface area contributed by atoms with Crippen molar-refractivity contribution < 1.29 is 4.79 Å². The van der Waals surface area contributed by atoms with E-state index in [4.69, 9.17) is 17.3 Å². The molecule has 1 aromatic carbocycles. The molecule has 0 aliphatic carbocycles. The number of nitrogens with zero attached hydrogens (tertiary/aromatic N) is 1. The summed E-state index contributed by atoms with van der Waals surface area (Å²) < 4.78 is 0. The lowest BCUT2D eigenvalue weighted by Crippen LogP contribution is -2.33. The Hall–Kier alpha value is -0.680. The highest BCUT2D eigenvalue weighted by atomic mass is 35.5. The Bertz CT molecular complexity index is 397. The van der Waals surface area contributed by atoms with Gasteiger partial charge in [0.05, 0.1) is 17.4 Å². The van der Waals surface area contributed by atoms with Crippen molar-refractivity contribution in [2.24, 2.45) is 5.73 Å². The van der Waals surface area contributed by atoms with E-state index in [-0.39, 0.29) is 30.7 Å². The highest BCUT2D eigenvalue weighted by Gasteiger charge is 2.11. The quantitative estimate of drug-likeness (QED) is 0.901. The number of hydrogen-bond donors (Lipinski definition) is 2. The average Bonchev–Trinajstić information content (AvgIpc) is 2.16. The molecule has 0 aromatic heterocycles. The molecule has 3 N–H and O–H groups in total. The summed E-state index contributed by atoms with van der Waals surface area (Å²) in [5.74, 6) is -0.231. The molecule has 0 radical (unpaired) electrons. The van der Waals surface area contributed by atoms with Crippen LogP contribution in [0.2, 0.25) is 5.02 Å². The van der Waals surface area contributed by atoms with Crippen LogP contribution in [0.1, 0.15) is 6.92 Å². The van der Waals surface area contributed by atoms with Gasteiger partial charge in [-0.3, -0.25) is 4.79 Å². The number of hydrogen-bond acceptors (Lipinski definition) is 3. The third kappa shape index (κ3) is 5.31. The number of anilines is 2. The van der Waals surface area contributed by atoms with E-state index in [1.54, 1.807) is 19.1 Å². The van der Waals surface area contributed by atoms with Gasteiger partial charge in [-0.1, -0.05) is 11.6 Å². The van der Waals surface area contributed by atoms with E-state index in [9.17, 15) is 4.79 Å². The number of rotatable bonds is 3. The molecule has 0 heterocycles. The number of benzene rings is 1. The minimum Gasteiger partial charge on any atom is -0.376 e. The number of carbonyl (C=O) groups excluding carboxylic acids is 1. The van der Waals surface area contributed by atoms with Crippen molar-refractivity contribution in [3.05, 3.63) is 23.2 Å². The molecule has 1 rings (SSSR count). The molecule has 0 spiro atoms. The Labute approximate surface area is 125 Å². The van der Waals surface area contributed by atoms with Gasteiger partial charge in [-0.15, -0.1) is 24.8 Å². The molecule has 1 aromatic rings. The van der Waals surface area contributed by atoms with E-state index < -0.39 is 6.04 Å². The lowest BCUT2D eigenvalue weighted by atomic mass is 10.2. The summed E-state index contributed by atoms with van der Waals surface area (Å²) in [4.78, 5) is 13.4. The SMILES string of the molecule is C[C@@H](N)C(=O)Nc1cc(Cl)ccc1N(C)C.Cl.Cl. The Morgan fingerprint density at radius 1 is 1.39 bits per heavy atom. The second-order valence-electron chi connectivity index (χ2n) is 3.83. The topological polar surface area (TPSA) is 58.4 Å². The average molecular weight is 315 g/mol. The van der Waals surface area contributed by atoms with Gasteiger partial charge in [-0.25, -0.2) is 0 Å². The first-order chi connectivity index (χ1) is 7.41. The zero-order valence-corrected chi connectivity index (χ0v) is 12.8. The first-order valence-corrected chi connectivity index (χ1v) is 5.33. The van der Waals surface area contributed by atoms with Crippen LogP contribution < -0.4 is 16.0 Å². The van der Waals surface area contributed by atoms with Gasteiger partial charge in [-0.2, -0.15) is 0 Å². The monoisotopic (exact) mass is 313 g/mol. The predicted octanol–water partition coefficient (Wildman–Crippen LogP) is 2.54. The van der Waals surface area contributed by atoms with E-state index >= 15 is 0 Å². The highest BCUT2D eigenvalue weighted by Crippen LogP contribution is 2.27. The molecule has 0 bridgehead atoms.